The number of rotatable bonds is 5. The summed E-state index contributed by atoms with van der Waals surface area (Å²) in [5.74, 6) is 0. The zero-order valence-electron chi connectivity index (χ0n) is 38.6. The average molecular weight is 919 g/mol. The number of fused-ring (bicyclic) bond motifs is 18. The first-order chi connectivity index (χ1) is 35.2. The van der Waals surface area contributed by atoms with Gasteiger partial charge in [-0.3, -0.25) is 0 Å². The molecule has 16 rings (SSSR count). The van der Waals surface area contributed by atoms with Gasteiger partial charge in [-0.15, -0.1) is 11.3 Å². The molecule has 2 nitrogen and oxygen atoms in total. The van der Waals surface area contributed by atoms with Gasteiger partial charge in [-0.1, -0.05) is 194 Å². The Kier molecular flexibility index (Phi) is 7.93. The number of hydrogen-bond donors (Lipinski definition) is 0. The first-order valence-electron chi connectivity index (χ1n) is 24.7. The van der Waals surface area contributed by atoms with E-state index >= 15 is 0 Å². The fourth-order valence-electron chi connectivity index (χ4n) is 13.6. The van der Waals surface area contributed by atoms with Crippen LogP contribution in [0.25, 0.3) is 53.6 Å². The molecule has 0 amide bonds. The van der Waals surface area contributed by atoms with Gasteiger partial charge >= 0.3 is 0 Å². The highest BCUT2D eigenvalue weighted by Gasteiger charge is 2.54. The van der Waals surface area contributed by atoms with Gasteiger partial charge < -0.3 is 9.80 Å². The van der Waals surface area contributed by atoms with E-state index in [0.717, 1.165) is 17.1 Å². The topological polar surface area (TPSA) is 6.48 Å². The molecule has 1 aromatic heterocycles. The van der Waals surface area contributed by atoms with Gasteiger partial charge in [0.2, 0.25) is 0 Å². The molecule has 1 aliphatic heterocycles. The molecule has 11 aromatic carbocycles. The van der Waals surface area contributed by atoms with Crippen molar-refractivity contribution in [1.82, 2.24) is 0 Å². The van der Waals surface area contributed by atoms with E-state index in [-0.39, 0.29) is 0 Å². The molecule has 0 saturated carbocycles. The number of hydrogen-bond acceptors (Lipinski definition) is 3. The maximum atomic E-state index is 2.58. The largest absolute Gasteiger partial charge is 0.310 e. The Morgan fingerprint density at radius 2 is 0.831 bits per heavy atom. The number of thiophene rings is 1. The third kappa shape index (κ3) is 4.96. The summed E-state index contributed by atoms with van der Waals surface area (Å²) >= 11 is 1.89. The third-order valence-electron chi connectivity index (χ3n) is 16.2. The first-order valence-corrected chi connectivity index (χ1v) is 25.5. The van der Waals surface area contributed by atoms with Crippen molar-refractivity contribution in [2.75, 3.05) is 9.80 Å². The fourth-order valence-corrected chi connectivity index (χ4v) is 14.9. The van der Waals surface area contributed by atoms with E-state index in [4.69, 9.17) is 0 Å². The van der Waals surface area contributed by atoms with Gasteiger partial charge in [-0.2, -0.15) is 0 Å². The van der Waals surface area contributed by atoms with Crippen LogP contribution in [0.15, 0.2) is 255 Å². The van der Waals surface area contributed by atoms with Crippen molar-refractivity contribution in [3.63, 3.8) is 0 Å². The summed E-state index contributed by atoms with van der Waals surface area (Å²) < 4.78 is 2.56. The van der Waals surface area contributed by atoms with Crippen LogP contribution in [-0.2, 0) is 10.8 Å². The minimum atomic E-state index is -0.601. The normalized spacial score (nSPS) is 15.7. The number of nitrogens with zero attached hydrogens (tertiary/aromatic N) is 2. The van der Waals surface area contributed by atoms with E-state index in [9.17, 15) is 0 Å². The summed E-state index contributed by atoms with van der Waals surface area (Å²) in [6, 6.07) is 96.1. The second-order valence-electron chi connectivity index (χ2n) is 19.4. The molecule has 12 aromatic rings. The van der Waals surface area contributed by atoms with E-state index in [1.54, 1.807) is 0 Å². The summed E-state index contributed by atoms with van der Waals surface area (Å²) in [5.41, 5.74) is 24.2. The molecule has 0 bridgehead atoms. The molecule has 2 heterocycles. The van der Waals surface area contributed by atoms with Crippen molar-refractivity contribution in [1.29, 1.82) is 0 Å². The van der Waals surface area contributed by atoms with Gasteiger partial charge in [0.05, 0.1) is 32.6 Å². The van der Waals surface area contributed by atoms with Crippen molar-refractivity contribution in [2.24, 2.45) is 0 Å². The summed E-state index contributed by atoms with van der Waals surface area (Å²) in [7, 11) is 0. The predicted molar refractivity (Wildman–Crippen MR) is 296 cm³/mol. The molecule has 4 aliphatic rings. The first kappa shape index (κ1) is 39.1. The molecule has 0 N–H and O–H groups in total. The van der Waals surface area contributed by atoms with Gasteiger partial charge in [-0.25, -0.2) is 0 Å². The van der Waals surface area contributed by atoms with Crippen molar-refractivity contribution in [3.8, 4) is 33.4 Å². The Labute approximate surface area is 416 Å². The van der Waals surface area contributed by atoms with E-state index in [1.165, 1.54) is 115 Å². The highest BCUT2D eigenvalue weighted by Crippen LogP contribution is 2.67. The average Bonchev–Trinajstić information content (AvgIpc) is 4.15. The zero-order chi connectivity index (χ0) is 46.4. The summed E-state index contributed by atoms with van der Waals surface area (Å²) in [5, 5.41) is 2.57. The lowest BCUT2D eigenvalue weighted by atomic mass is 9.65. The Bertz CT molecular complexity index is 4140. The van der Waals surface area contributed by atoms with Crippen LogP contribution in [0.4, 0.5) is 34.1 Å². The van der Waals surface area contributed by atoms with Crippen molar-refractivity contribution in [3.05, 3.63) is 299 Å². The van der Waals surface area contributed by atoms with E-state index in [0.29, 0.717) is 0 Å². The van der Waals surface area contributed by atoms with Crippen LogP contribution in [0.2, 0.25) is 0 Å². The molecule has 1 unspecified atom stereocenters. The van der Waals surface area contributed by atoms with E-state index in [1.807, 2.05) is 11.3 Å². The maximum absolute atomic E-state index is 2.58. The van der Waals surface area contributed by atoms with Gasteiger partial charge in [-0.05, 0) is 133 Å². The summed E-state index contributed by atoms with van der Waals surface area (Å²) in [4.78, 5) is 5.06. The summed E-state index contributed by atoms with van der Waals surface area (Å²) in [6.07, 6.45) is 0. The Balaban J connectivity index is 0.996. The molecule has 0 radical (unpaired) electrons. The molecule has 1 spiro atoms. The number of anilines is 6. The van der Waals surface area contributed by atoms with Gasteiger partial charge in [0.1, 0.15) is 0 Å². The van der Waals surface area contributed by atoms with Crippen molar-refractivity contribution >= 4 is 65.6 Å². The van der Waals surface area contributed by atoms with Crippen LogP contribution in [0.5, 0.6) is 0 Å². The van der Waals surface area contributed by atoms with Crippen LogP contribution < -0.4 is 9.80 Å². The molecule has 1 atom stereocenters. The predicted octanol–water partition coefficient (Wildman–Crippen LogP) is 18.0. The maximum Gasteiger partial charge on any atom is 0.0755 e. The molecule has 71 heavy (non-hydrogen) atoms. The van der Waals surface area contributed by atoms with Gasteiger partial charge in [0, 0.05) is 38.1 Å². The van der Waals surface area contributed by atoms with Crippen LogP contribution >= 0.6 is 11.3 Å². The van der Waals surface area contributed by atoms with Crippen LogP contribution in [0.1, 0.15) is 44.5 Å². The third-order valence-corrected chi connectivity index (χ3v) is 17.5. The van der Waals surface area contributed by atoms with Crippen molar-refractivity contribution < 1.29 is 0 Å². The fraction of sp³-hybridized carbons (Fsp3) is 0.0294. The Hall–Kier alpha value is -8.76. The lowest BCUT2D eigenvalue weighted by molar-refractivity contribution is 0.753. The number of benzene rings is 11. The second kappa shape index (κ2) is 14.4. The Morgan fingerprint density at radius 3 is 1.52 bits per heavy atom. The van der Waals surface area contributed by atoms with Crippen LogP contribution in [-0.4, -0.2) is 0 Å². The Morgan fingerprint density at radius 1 is 0.338 bits per heavy atom. The monoisotopic (exact) mass is 918 g/mol. The number of para-hydroxylation sites is 2. The lowest BCUT2D eigenvalue weighted by Crippen LogP contribution is -2.36. The highest BCUT2D eigenvalue weighted by atomic mass is 32.1. The summed E-state index contributed by atoms with van der Waals surface area (Å²) in [6.45, 7) is 0. The molecule has 3 aliphatic carbocycles. The van der Waals surface area contributed by atoms with E-state index in [2.05, 4.69) is 265 Å². The minimum absolute atomic E-state index is 0.478. The standard InChI is InChI=1S/C68H42N2S/c1-3-19-43(20-4-1)67-58-32-14-15-33-61(58)70(44-21-5-2-6-22-44)62-34-17-27-53(65(62)67)51-40-38-45(41-59(51)67)69(63-35-18-28-54-52-26-10-16-36-64(52)71-66(54)63)46-37-39-50-49-25-9-13-31-57(49)68(60(50)42-46)55-29-11-7-23-47(55)48-24-8-12-30-56(48)68/h1-42H. The molecule has 3 heteroatoms. The lowest BCUT2D eigenvalue weighted by Gasteiger charge is -2.44. The molecular formula is C68H42N2S. The molecular weight excluding hydrogens is 877 g/mol. The smallest absolute Gasteiger partial charge is 0.0755 e. The van der Waals surface area contributed by atoms with Crippen molar-refractivity contribution in [2.45, 2.75) is 10.8 Å². The quantitative estimate of drug-likeness (QED) is 0.170. The molecule has 0 saturated heterocycles. The van der Waals surface area contributed by atoms with E-state index < -0.39 is 10.8 Å². The molecule has 330 valence electrons. The molecule has 0 fully saturated rings. The van der Waals surface area contributed by atoms with Crippen LogP contribution in [0.3, 0.4) is 0 Å². The van der Waals surface area contributed by atoms with Gasteiger partial charge in [0.15, 0.2) is 0 Å². The highest BCUT2D eigenvalue weighted by molar-refractivity contribution is 7.26. The SMILES string of the molecule is c1ccc(N2c3ccccc3C3(c4ccccc4)c4cc(N(c5ccc6c(c5)C5(c7ccccc7-c7ccccc75)c5ccccc5-6)c5cccc6c5sc5ccccc56)ccc4-c4cccc2c43)cc1. The minimum Gasteiger partial charge on any atom is -0.310 e. The van der Waals surface area contributed by atoms with Gasteiger partial charge in [0.25, 0.3) is 0 Å². The van der Waals surface area contributed by atoms with Crippen LogP contribution in [0, 0.1) is 0 Å². The zero-order valence-corrected chi connectivity index (χ0v) is 39.4. The second-order valence-corrected chi connectivity index (χ2v) is 20.5.